The van der Waals surface area contributed by atoms with Crippen LogP contribution in [0, 0.1) is 17.3 Å². The monoisotopic (exact) mass is 396 g/mol. The van der Waals surface area contributed by atoms with Crippen LogP contribution in [0.2, 0.25) is 0 Å². The van der Waals surface area contributed by atoms with E-state index in [-0.39, 0.29) is 10.5 Å². The van der Waals surface area contributed by atoms with Gasteiger partial charge in [-0.3, -0.25) is 0 Å². The molecule has 0 unspecified atom stereocenters. The summed E-state index contributed by atoms with van der Waals surface area (Å²) in [5.41, 5.74) is 1.38. The lowest BCUT2D eigenvalue weighted by molar-refractivity contribution is 0.173. The van der Waals surface area contributed by atoms with Crippen molar-refractivity contribution in [2.24, 2.45) is 17.3 Å². The van der Waals surface area contributed by atoms with Crippen LogP contribution in [-0.2, 0) is 16.7 Å². The maximum absolute atomic E-state index is 13.5. The average molecular weight is 397 g/mol. The second-order valence-corrected chi connectivity index (χ2v) is 11.0. The summed E-state index contributed by atoms with van der Waals surface area (Å²) in [6.07, 6.45) is 6.70. The minimum atomic E-state index is -3.65. The van der Waals surface area contributed by atoms with E-state index in [2.05, 4.69) is 30.8 Å². The zero-order valence-electron chi connectivity index (χ0n) is 16.7. The molecule has 0 atom stereocenters. The molecule has 2 aliphatic carbocycles. The van der Waals surface area contributed by atoms with E-state index in [1.807, 2.05) is 0 Å². The number of rotatable bonds is 7. The molecule has 1 aromatic carbocycles. The summed E-state index contributed by atoms with van der Waals surface area (Å²) in [6.45, 7) is 6.57. The number of hydrogen-bond donors (Lipinski definition) is 2. The summed E-state index contributed by atoms with van der Waals surface area (Å²) in [7, 11) is -3.65. The van der Waals surface area contributed by atoms with Gasteiger partial charge in [-0.2, -0.15) is 0 Å². The number of sulfonamides is 1. The van der Waals surface area contributed by atoms with Gasteiger partial charge in [-0.05, 0) is 74.0 Å². The SMILES string of the molecule is CC(C)(C)C1CCC(Nc2ccc(S(=O)(=O)NCC3CC3)c(CF)c2)CC1. The lowest BCUT2D eigenvalue weighted by Gasteiger charge is -2.37. The normalized spacial score (nSPS) is 24.0. The first-order chi connectivity index (χ1) is 12.7. The van der Waals surface area contributed by atoms with Crippen molar-refractivity contribution in [3.63, 3.8) is 0 Å². The summed E-state index contributed by atoms with van der Waals surface area (Å²) in [5, 5.41) is 3.48. The molecule has 6 heteroatoms. The first-order valence-corrected chi connectivity index (χ1v) is 11.6. The molecule has 0 saturated heterocycles. The van der Waals surface area contributed by atoms with Crippen molar-refractivity contribution in [3.8, 4) is 0 Å². The molecule has 0 radical (unpaired) electrons. The van der Waals surface area contributed by atoms with Crippen LogP contribution >= 0.6 is 0 Å². The van der Waals surface area contributed by atoms with Crippen molar-refractivity contribution in [2.45, 2.75) is 76.9 Å². The van der Waals surface area contributed by atoms with E-state index in [0.717, 1.165) is 37.3 Å². The van der Waals surface area contributed by atoms with Crippen LogP contribution in [0.5, 0.6) is 0 Å². The molecule has 2 aliphatic rings. The van der Waals surface area contributed by atoms with Crippen molar-refractivity contribution < 1.29 is 12.8 Å². The number of alkyl halides is 1. The van der Waals surface area contributed by atoms with Gasteiger partial charge in [0, 0.05) is 23.8 Å². The molecule has 2 N–H and O–H groups in total. The fourth-order valence-electron chi connectivity index (χ4n) is 4.00. The van der Waals surface area contributed by atoms with Gasteiger partial charge in [-0.15, -0.1) is 0 Å². The van der Waals surface area contributed by atoms with Crippen LogP contribution in [0.15, 0.2) is 23.1 Å². The lowest BCUT2D eigenvalue weighted by atomic mass is 9.71. The Labute approximate surface area is 163 Å². The molecule has 0 amide bonds. The van der Waals surface area contributed by atoms with Crippen molar-refractivity contribution in [3.05, 3.63) is 23.8 Å². The van der Waals surface area contributed by atoms with Crippen LogP contribution in [0.25, 0.3) is 0 Å². The van der Waals surface area contributed by atoms with Gasteiger partial charge in [-0.25, -0.2) is 17.5 Å². The molecule has 2 fully saturated rings. The Bertz CT molecular complexity index is 746. The van der Waals surface area contributed by atoms with Crippen LogP contribution in [-0.4, -0.2) is 21.0 Å². The Morgan fingerprint density at radius 1 is 1.07 bits per heavy atom. The van der Waals surface area contributed by atoms with Gasteiger partial charge >= 0.3 is 0 Å². The molecule has 152 valence electrons. The van der Waals surface area contributed by atoms with Crippen molar-refractivity contribution >= 4 is 15.7 Å². The van der Waals surface area contributed by atoms with Crippen LogP contribution in [0.3, 0.4) is 0 Å². The molecule has 0 aliphatic heterocycles. The quantitative estimate of drug-likeness (QED) is 0.692. The maximum atomic E-state index is 13.5. The predicted octanol–water partition coefficient (Wildman–Crippen LogP) is 4.86. The zero-order valence-corrected chi connectivity index (χ0v) is 17.5. The minimum absolute atomic E-state index is 0.0626. The molecule has 0 aromatic heterocycles. The largest absolute Gasteiger partial charge is 0.382 e. The second kappa shape index (κ2) is 8.08. The average Bonchev–Trinajstić information content (AvgIpc) is 3.44. The zero-order chi connectivity index (χ0) is 19.7. The third-order valence-electron chi connectivity index (χ3n) is 6.08. The molecule has 1 aromatic rings. The van der Waals surface area contributed by atoms with Crippen molar-refractivity contribution in [1.29, 1.82) is 0 Å². The fourth-order valence-corrected chi connectivity index (χ4v) is 5.32. The van der Waals surface area contributed by atoms with E-state index < -0.39 is 16.7 Å². The van der Waals surface area contributed by atoms with Crippen LogP contribution < -0.4 is 10.0 Å². The maximum Gasteiger partial charge on any atom is 0.240 e. The topological polar surface area (TPSA) is 58.2 Å². The highest BCUT2D eigenvalue weighted by molar-refractivity contribution is 7.89. The number of anilines is 1. The Kier molecular flexibility index (Phi) is 6.16. The van der Waals surface area contributed by atoms with Gasteiger partial charge in [0.05, 0.1) is 4.90 Å². The number of halogens is 1. The summed E-state index contributed by atoms with van der Waals surface area (Å²) < 4.78 is 41.1. The van der Waals surface area contributed by atoms with Crippen molar-refractivity contribution in [2.75, 3.05) is 11.9 Å². The van der Waals surface area contributed by atoms with E-state index in [0.29, 0.717) is 23.9 Å². The Morgan fingerprint density at radius 3 is 2.30 bits per heavy atom. The molecule has 27 heavy (non-hydrogen) atoms. The van der Waals surface area contributed by atoms with E-state index in [1.165, 1.54) is 18.9 Å². The van der Waals surface area contributed by atoms with Crippen molar-refractivity contribution in [1.82, 2.24) is 4.72 Å². The third-order valence-corrected chi connectivity index (χ3v) is 7.60. The summed E-state index contributed by atoms with van der Waals surface area (Å²) >= 11 is 0. The van der Waals surface area contributed by atoms with E-state index >= 15 is 0 Å². The minimum Gasteiger partial charge on any atom is -0.382 e. The van der Waals surface area contributed by atoms with Gasteiger partial charge in [0.1, 0.15) is 6.67 Å². The van der Waals surface area contributed by atoms with Gasteiger partial charge in [0.25, 0.3) is 0 Å². The highest BCUT2D eigenvalue weighted by Gasteiger charge is 2.30. The Balaban J connectivity index is 1.64. The highest BCUT2D eigenvalue weighted by atomic mass is 32.2. The van der Waals surface area contributed by atoms with Crippen LogP contribution in [0.4, 0.5) is 10.1 Å². The summed E-state index contributed by atoms with van der Waals surface area (Å²) in [5.74, 6) is 1.18. The fraction of sp³-hybridized carbons (Fsp3) is 0.714. The Hall–Kier alpha value is -1.14. The molecular formula is C21H33FN2O2S. The third kappa shape index (κ3) is 5.44. The van der Waals surface area contributed by atoms with E-state index in [4.69, 9.17) is 0 Å². The Morgan fingerprint density at radius 2 is 1.74 bits per heavy atom. The molecule has 3 rings (SSSR count). The predicted molar refractivity (Wildman–Crippen MR) is 108 cm³/mol. The first kappa shape index (κ1) is 20.6. The van der Waals surface area contributed by atoms with Gasteiger partial charge in [0.2, 0.25) is 10.0 Å². The molecule has 0 bridgehead atoms. The van der Waals surface area contributed by atoms with Gasteiger partial charge < -0.3 is 5.32 Å². The number of nitrogens with one attached hydrogen (secondary N) is 2. The van der Waals surface area contributed by atoms with Gasteiger partial charge in [0.15, 0.2) is 0 Å². The van der Waals surface area contributed by atoms with Crippen LogP contribution in [0.1, 0.15) is 64.9 Å². The molecule has 2 saturated carbocycles. The first-order valence-electron chi connectivity index (χ1n) is 10.1. The standard InChI is InChI=1S/C21H33FN2O2S/c1-21(2,3)17-6-8-18(9-7-17)24-19-10-11-20(16(12-19)13-22)27(25,26)23-14-15-4-5-15/h10-12,15,17-18,23-24H,4-9,13-14H2,1-3H3. The van der Waals surface area contributed by atoms with E-state index in [1.54, 1.807) is 12.1 Å². The lowest BCUT2D eigenvalue weighted by Crippen LogP contribution is -2.31. The second-order valence-electron chi connectivity index (χ2n) is 9.31. The molecule has 0 heterocycles. The van der Waals surface area contributed by atoms with E-state index in [9.17, 15) is 12.8 Å². The summed E-state index contributed by atoms with van der Waals surface area (Å²) in [4.78, 5) is 0.0626. The molecule has 0 spiro atoms. The number of benzene rings is 1. The summed E-state index contributed by atoms with van der Waals surface area (Å²) in [6, 6.07) is 5.32. The number of hydrogen-bond acceptors (Lipinski definition) is 3. The highest BCUT2D eigenvalue weighted by Crippen LogP contribution is 2.38. The molecular weight excluding hydrogens is 363 g/mol. The molecule has 4 nitrogen and oxygen atoms in total. The smallest absolute Gasteiger partial charge is 0.240 e. The van der Waals surface area contributed by atoms with Gasteiger partial charge in [-0.1, -0.05) is 20.8 Å².